The molecular weight excluding hydrogens is 158 g/mol. The normalized spacial score (nSPS) is 14.5. The van der Waals surface area contributed by atoms with Gasteiger partial charge in [-0.25, -0.2) is 0 Å². The Morgan fingerprint density at radius 1 is 1.25 bits per heavy atom. The van der Waals surface area contributed by atoms with Gasteiger partial charge in [0.15, 0.2) is 17.7 Å². The predicted octanol–water partition coefficient (Wildman–Crippen LogP) is -2.21. The van der Waals surface area contributed by atoms with Crippen molar-refractivity contribution in [3.05, 3.63) is 6.92 Å². The van der Waals surface area contributed by atoms with Crippen LogP contribution in [-0.2, 0) is 0 Å². The summed E-state index contributed by atoms with van der Waals surface area (Å²) in [4.78, 5) is 0. The summed E-state index contributed by atoms with van der Waals surface area (Å²) in [6.45, 7) is 3.51. The quantitative estimate of drug-likeness (QED) is 0.146. The molecule has 0 aliphatic heterocycles. The van der Waals surface area contributed by atoms with Crippen molar-refractivity contribution in [3.8, 4) is 0 Å². The molecule has 10 N–H and O–H groups in total. The molecule has 0 spiro atoms. The number of hydrogen-bond acceptors (Lipinski definition) is 3. The van der Waals surface area contributed by atoms with Gasteiger partial charge >= 0.3 is 0 Å². The average Bonchev–Trinajstić information content (AvgIpc) is 1.83. The zero-order chi connectivity index (χ0) is 9.78. The molecule has 0 saturated heterocycles. The highest BCUT2D eigenvalue weighted by Crippen LogP contribution is 1.93. The van der Waals surface area contributed by atoms with E-state index in [1.54, 1.807) is 0 Å². The Balaban J connectivity index is 4.23. The minimum atomic E-state index is -1.22. The summed E-state index contributed by atoms with van der Waals surface area (Å²) in [6, 6.07) is 0. The van der Waals surface area contributed by atoms with Crippen LogP contribution in [0.3, 0.4) is 0 Å². The van der Waals surface area contributed by atoms with Crippen LogP contribution in [-0.4, -0.2) is 17.7 Å². The van der Waals surface area contributed by atoms with Gasteiger partial charge in [0.05, 0.1) is 0 Å². The number of nitrogens with one attached hydrogen (secondary N) is 4. The molecule has 0 bridgehead atoms. The summed E-state index contributed by atoms with van der Waals surface area (Å²) in [5.74, 6) is -1.85. The molecule has 12 heavy (non-hydrogen) atoms. The molecule has 0 aliphatic rings. The average molecular weight is 172 g/mol. The van der Waals surface area contributed by atoms with E-state index in [-0.39, 0.29) is 18.3 Å². The minimum Gasteiger partial charge on any atom is -0.370 e. The van der Waals surface area contributed by atoms with Crippen LogP contribution in [0.15, 0.2) is 0 Å². The van der Waals surface area contributed by atoms with Gasteiger partial charge in [-0.1, -0.05) is 0 Å². The second-order valence-electron chi connectivity index (χ2n) is 2.30. The largest absolute Gasteiger partial charge is 0.370 e. The molecule has 0 fully saturated rings. The lowest BCUT2D eigenvalue weighted by Crippen LogP contribution is -2.68. The second kappa shape index (κ2) is 3.77. The monoisotopic (exact) mass is 172 g/mol. The zero-order valence-electron chi connectivity index (χ0n) is 6.65. The lowest BCUT2D eigenvalue weighted by atomic mass is 10.2. The third-order valence-electron chi connectivity index (χ3n) is 1.11. The molecule has 0 heterocycles. The molecule has 69 valence electrons. The Hall–Kier alpha value is -1.50. The van der Waals surface area contributed by atoms with Crippen molar-refractivity contribution in [2.75, 3.05) is 0 Å². The first-order valence-corrected chi connectivity index (χ1v) is 3.22. The van der Waals surface area contributed by atoms with Crippen molar-refractivity contribution in [2.45, 2.75) is 12.2 Å². The molecule has 7 nitrogen and oxygen atoms in total. The van der Waals surface area contributed by atoms with E-state index in [0.717, 1.165) is 0 Å². The van der Waals surface area contributed by atoms with E-state index < -0.39 is 5.79 Å². The Kier molecular flexibility index (Phi) is 3.30. The number of nitrogens with two attached hydrogens (primary N) is 3. The molecule has 7 heteroatoms. The van der Waals surface area contributed by atoms with Crippen molar-refractivity contribution in [3.63, 3.8) is 0 Å². The van der Waals surface area contributed by atoms with Crippen molar-refractivity contribution in [2.24, 2.45) is 17.2 Å². The Morgan fingerprint density at radius 2 is 1.58 bits per heavy atom. The van der Waals surface area contributed by atoms with Crippen molar-refractivity contribution >= 4 is 11.9 Å². The van der Waals surface area contributed by atoms with Crippen LogP contribution in [0, 0.1) is 17.7 Å². The second-order valence-corrected chi connectivity index (χ2v) is 2.30. The fraction of sp³-hybridized carbons (Fsp3) is 0.400. The van der Waals surface area contributed by atoms with Gasteiger partial charge < -0.3 is 22.1 Å². The smallest absolute Gasteiger partial charge is 0.188 e. The molecule has 0 atom stereocenters. The van der Waals surface area contributed by atoms with Crippen LogP contribution >= 0.6 is 0 Å². The van der Waals surface area contributed by atoms with Crippen molar-refractivity contribution < 1.29 is 0 Å². The van der Waals surface area contributed by atoms with Crippen LogP contribution in [0.4, 0.5) is 0 Å². The van der Waals surface area contributed by atoms with Gasteiger partial charge in [-0.15, -0.1) is 0 Å². The fourth-order valence-electron chi connectivity index (χ4n) is 0.637. The zero-order valence-corrected chi connectivity index (χ0v) is 6.65. The summed E-state index contributed by atoms with van der Waals surface area (Å²) in [5, 5.41) is 18.6. The highest BCUT2D eigenvalue weighted by atomic mass is 15.4. The van der Waals surface area contributed by atoms with E-state index in [1.165, 1.54) is 0 Å². The molecule has 0 rings (SSSR count). The summed E-state index contributed by atoms with van der Waals surface area (Å²) in [7, 11) is 0. The minimum absolute atomic E-state index is 0.187. The lowest BCUT2D eigenvalue weighted by molar-refractivity contribution is 0.360. The number of guanidine groups is 2. The highest BCUT2D eigenvalue weighted by Gasteiger charge is 2.22. The Morgan fingerprint density at radius 3 is 1.75 bits per heavy atom. The van der Waals surface area contributed by atoms with Crippen LogP contribution < -0.4 is 27.8 Å². The topological polar surface area (TPSA) is 150 Å². The van der Waals surface area contributed by atoms with Crippen LogP contribution in [0.5, 0.6) is 0 Å². The van der Waals surface area contributed by atoms with Gasteiger partial charge in [-0.2, -0.15) is 0 Å². The molecule has 0 aromatic heterocycles. The van der Waals surface area contributed by atoms with E-state index in [2.05, 4.69) is 17.6 Å². The van der Waals surface area contributed by atoms with Gasteiger partial charge in [0.2, 0.25) is 0 Å². The van der Waals surface area contributed by atoms with E-state index in [4.69, 9.17) is 28.0 Å². The van der Waals surface area contributed by atoms with Gasteiger partial charge in [-0.05, 0) is 6.92 Å². The number of rotatable bonds is 3. The third-order valence-corrected chi connectivity index (χ3v) is 1.11. The Bertz CT molecular complexity index is 170. The first-order valence-electron chi connectivity index (χ1n) is 3.22. The SMILES string of the molecule is [CH2]CC(N)(NC(=N)N)NC(=N)N. The van der Waals surface area contributed by atoms with Crippen LogP contribution in [0.25, 0.3) is 0 Å². The maximum Gasteiger partial charge on any atom is 0.188 e. The third kappa shape index (κ3) is 3.62. The molecule has 0 aromatic rings. The van der Waals surface area contributed by atoms with Gasteiger partial charge in [0, 0.05) is 6.42 Å². The van der Waals surface area contributed by atoms with E-state index in [0.29, 0.717) is 0 Å². The molecule has 1 radical (unpaired) electrons. The lowest BCUT2D eigenvalue weighted by Gasteiger charge is -2.30. The molecule has 0 unspecified atom stereocenters. The standard InChI is InChI=1S/C5H14N7/c1-2-5(10,11-3(6)7)12-4(8)9/h1-2,10H2,(H4,6,7,11)(H4,8,9,12). The molecule has 0 amide bonds. The summed E-state index contributed by atoms with van der Waals surface area (Å²) >= 11 is 0. The highest BCUT2D eigenvalue weighted by molar-refractivity contribution is 5.78. The van der Waals surface area contributed by atoms with Gasteiger partial charge in [0.25, 0.3) is 0 Å². The summed E-state index contributed by atoms with van der Waals surface area (Å²) < 4.78 is 0. The number of hydrogen-bond donors (Lipinski definition) is 7. The van der Waals surface area contributed by atoms with Gasteiger partial charge in [-0.3, -0.25) is 16.6 Å². The van der Waals surface area contributed by atoms with E-state index in [1.807, 2.05) is 0 Å². The maximum atomic E-state index is 6.91. The predicted molar refractivity (Wildman–Crippen MR) is 47.0 cm³/mol. The van der Waals surface area contributed by atoms with E-state index >= 15 is 0 Å². The molecular formula is C5H14N7. The fourth-order valence-corrected chi connectivity index (χ4v) is 0.637. The van der Waals surface area contributed by atoms with Gasteiger partial charge in [0.1, 0.15) is 0 Å². The van der Waals surface area contributed by atoms with Crippen molar-refractivity contribution in [1.29, 1.82) is 10.8 Å². The van der Waals surface area contributed by atoms with Crippen LogP contribution in [0.2, 0.25) is 0 Å². The first kappa shape index (κ1) is 10.5. The summed E-state index contributed by atoms with van der Waals surface area (Å²) in [5.41, 5.74) is 15.7. The molecule has 0 saturated carbocycles. The maximum absolute atomic E-state index is 6.91. The summed E-state index contributed by atoms with van der Waals surface area (Å²) in [6.07, 6.45) is 0.187. The Labute approximate surface area is 70.7 Å². The van der Waals surface area contributed by atoms with E-state index in [9.17, 15) is 0 Å². The van der Waals surface area contributed by atoms with Crippen molar-refractivity contribution in [1.82, 2.24) is 10.6 Å². The van der Waals surface area contributed by atoms with Crippen LogP contribution in [0.1, 0.15) is 6.42 Å². The molecule has 0 aromatic carbocycles. The molecule has 0 aliphatic carbocycles. The first-order chi connectivity index (χ1) is 5.39.